The molecule has 0 aliphatic carbocycles. The second kappa shape index (κ2) is 7.75. The first-order valence-corrected chi connectivity index (χ1v) is 9.29. The van der Waals surface area contributed by atoms with E-state index in [0.29, 0.717) is 22.1 Å². The van der Waals surface area contributed by atoms with Crippen molar-refractivity contribution in [1.82, 2.24) is 4.98 Å². The SMILES string of the molecule is CC(=O)N(c1nc(COC(=O)c2ccoc2C)cs1)c1cccc(C)c1C. The highest BCUT2D eigenvalue weighted by Gasteiger charge is 2.21. The number of benzene rings is 1. The van der Waals surface area contributed by atoms with Gasteiger partial charge in [0.15, 0.2) is 5.13 Å². The summed E-state index contributed by atoms with van der Waals surface area (Å²) in [5, 5.41) is 2.33. The van der Waals surface area contributed by atoms with Gasteiger partial charge in [0, 0.05) is 12.3 Å². The van der Waals surface area contributed by atoms with Crippen molar-refractivity contribution in [3.05, 3.63) is 64.1 Å². The maximum Gasteiger partial charge on any atom is 0.342 e. The zero-order valence-electron chi connectivity index (χ0n) is 15.6. The molecule has 3 aromatic rings. The molecule has 0 spiro atoms. The van der Waals surface area contributed by atoms with Gasteiger partial charge in [-0.1, -0.05) is 12.1 Å². The van der Waals surface area contributed by atoms with E-state index in [9.17, 15) is 9.59 Å². The lowest BCUT2D eigenvalue weighted by atomic mass is 10.1. The number of carbonyl (C=O) groups excluding carboxylic acids is 2. The fourth-order valence-electron chi connectivity index (χ4n) is 2.66. The number of carbonyl (C=O) groups is 2. The predicted molar refractivity (Wildman–Crippen MR) is 103 cm³/mol. The van der Waals surface area contributed by atoms with Crippen molar-refractivity contribution in [3.8, 4) is 0 Å². The van der Waals surface area contributed by atoms with Crippen molar-refractivity contribution in [1.29, 1.82) is 0 Å². The van der Waals surface area contributed by atoms with E-state index in [1.54, 1.807) is 23.3 Å². The molecule has 0 atom stereocenters. The van der Waals surface area contributed by atoms with Gasteiger partial charge in [-0.05, 0) is 44.0 Å². The second-order valence-corrected chi connectivity index (χ2v) is 7.00. The molecule has 7 heteroatoms. The lowest BCUT2D eigenvalue weighted by Crippen LogP contribution is -2.23. The molecule has 0 unspecified atom stereocenters. The van der Waals surface area contributed by atoms with Crippen molar-refractivity contribution < 1.29 is 18.7 Å². The molecule has 140 valence electrons. The number of ether oxygens (including phenoxy) is 1. The molecule has 0 saturated carbocycles. The minimum atomic E-state index is -0.464. The molecule has 6 nitrogen and oxygen atoms in total. The Balaban J connectivity index is 1.78. The van der Waals surface area contributed by atoms with Gasteiger partial charge in [-0.25, -0.2) is 9.78 Å². The van der Waals surface area contributed by atoms with Crippen LogP contribution in [0.15, 0.2) is 40.3 Å². The second-order valence-electron chi connectivity index (χ2n) is 6.16. The number of thiazole rings is 1. The smallest absolute Gasteiger partial charge is 0.342 e. The highest BCUT2D eigenvalue weighted by Crippen LogP contribution is 2.32. The third-order valence-corrected chi connectivity index (χ3v) is 5.17. The quantitative estimate of drug-likeness (QED) is 0.596. The lowest BCUT2D eigenvalue weighted by molar-refractivity contribution is -0.115. The molecule has 0 bridgehead atoms. The van der Waals surface area contributed by atoms with Gasteiger partial charge in [0.1, 0.15) is 17.9 Å². The fourth-order valence-corrected chi connectivity index (χ4v) is 3.53. The number of anilines is 2. The molecule has 0 fully saturated rings. The Hall–Kier alpha value is -2.93. The fraction of sp³-hybridized carbons (Fsp3) is 0.250. The number of nitrogens with zero attached hydrogens (tertiary/aromatic N) is 2. The number of furan rings is 1. The zero-order chi connectivity index (χ0) is 19.6. The van der Waals surface area contributed by atoms with Crippen LogP contribution in [0.4, 0.5) is 10.8 Å². The maximum atomic E-state index is 12.3. The van der Waals surface area contributed by atoms with E-state index in [4.69, 9.17) is 9.15 Å². The van der Waals surface area contributed by atoms with Crippen LogP contribution < -0.4 is 4.90 Å². The summed E-state index contributed by atoms with van der Waals surface area (Å²) in [4.78, 5) is 30.4. The molecular weight excluding hydrogens is 364 g/mol. The molecule has 0 saturated heterocycles. The maximum absolute atomic E-state index is 12.3. The molecular formula is C20H20N2O4S. The number of rotatable bonds is 5. The molecule has 1 amide bonds. The van der Waals surface area contributed by atoms with Gasteiger partial charge in [-0.2, -0.15) is 0 Å². The topological polar surface area (TPSA) is 72.6 Å². The number of aryl methyl sites for hydroxylation is 2. The van der Waals surface area contributed by atoms with Gasteiger partial charge >= 0.3 is 5.97 Å². The molecule has 3 rings (SSSR count). The standard InChI is InChI=1S/C20H20N2O4S/c1-12-6-5-7-18(13(12)2)22(15(4)23)20-21-16(11-27-20)10-26-19(24)17-8-9-25-14(17)3/h5-9,11H,10H2,1-4H3. The van der Waals surface area contributed by atoms with Crippen molar-refractivity contribution in [3.63, 3.8) is 0 Å². The number of esters is 1. The van der Waals surface area contributed by atoms with E-state index in [-0.39, 0.29) is 12.5 Å². The van der Waals surface area contributed by atoms with Crippen LogP contribution in [0.3, 0.4) is 0 Å². The summed E-state index contributed by atoms with van der Waals surface area (Å²) in [6, 6.07) is 7.38. The normalized spacial score (nSPS) is 10.7. The van der Waals surface area contributed by atoms with E-state index >= 15 is 0 Å². The van der Waals surface area contributed by atoms with Crippen LogP contribution in [-0.4, -0.2) is 16.9 Å². The summed E-state index contributed by atoms with van der Waals surface area (Å²) in [5.74, 6) is -0.0824. The predicted octanol–water partition coefficient (Wildman–Crippen LogP) is 4.70. The van der Waals surface area contributed by atoms with Crippen molar-refractivity contribution in [2.45, 2.75) is 34.3 Å². The van der Waals surface area contributed by atoms with Gasteiger partial charge in [-0.3, -0.25) is 9.69 Å². The molecule has 0 aliphatic heterocycles. The summed E-state index contributed by atoms with van der Waals surface area (Å²) < 4.78 is 10.4. The minimum absolute atomic E-state index is 0.0263. The van der Waals surface area contributed by atoms with Gasteiger partial charge in [0.05, 0.1) is 17.6 Å². The summed E-state index contributed by atoms with van der Waals surface area (Å²) in [6.07, 6.45) is 1.45. The van der Waals surface area contributed by atoms with E-state index in [1.807, 2.05) is 32.0 Å². The van der Waals surface area contributed by atoms with Crippen LogP contribution in [0.5, 0.6) is 0 Å². The van der Waals surface area contributed by atoms with Crippen LogP contribution in [0, 0.1) is 20.8 Å². The number of hydrogen-bond donors (Lipinski definition) is 0. The molecule has 2 aromatic heterocycles. The minimum Gasteiger partial charge on any atom is -0.469 e. The van der Waals surface area contributed by atoms with Crippen LogP contribution in [0.2, 0.25) is 0 Å². The number of aromatic nitrogens is 1. The number of amides is 1. The molecule has 0 aliphatic rings. The van der Waals surface area contributed by atoms with Crippen molar-refractivity contribution in [2.24, 2.45) is 0 Å². The van der Waals surface area contributed by atoms with Crippen molar-refractivity contribution >= 4 is 34.0 Å². The van der Waals surface area contributed by atoms with Crippen LogP contribution in [0.1, 0.15) is 39.9 Å². The summed E-state index contributed by atoms with van der Waals surface area (Å²) in [5.41, 5.74) is 3.90. The Kier molecular flexibility index (Phi) is 5.41. The third-order valence-electron chi connectivity index (χ3n) is 4.29. The third kappa shape index (κ3) is 3.93. The highest BCUT2D eigenvalue weighted by molar-refractivity contribution is 7.14. The molecule has 1 aromatic carbocycles. The Morgan fingerprint density at radius 2 is 2.00 bits per heavy atom. The first-order chi connectivity index (χ1) is 12.9. The van der Waals surface area contributed by atoms with Crippen molar-refractivity contribution in [2.75, 3.05) is 4.90 Å². The first-order valence-electron chi connectivity index (χ1n) is 8.41. The average molecular weight is 384 g/mol. The zero-order valence-corrected chi connectivity index (χ0v) is 16.4. The Morgan fingerprint density at radius 1 is 1.22 bits per heavy atom. The molecule has 0 N–H and O–H groups in total. The lowest BCUT2D eigenvalue weighted by Gasteiger charge is -2.21. The van der Waals surface area contributed by atoms with Crippen LogP contribution in [-0.2, 0) is 16.1 Å². The molecule has 2 heterocycles. The molecule has 27 heavy (non-hydrogen) atoms. The van der Waals surface area contributed by atoms with Gasteiger partial charge < -0.3 is 9.15 Å². The van der Waals surface area contributed by atoms with E-state index in [0.717, 1.165) is 16.8 Å². The Bertz CT molecular complexity index is 990. The van der Waals surface area contributed by atoms with Crippen LogP contribution >= 0.6 is 11.3 Å². The summed E-state index contributed by atoms with van der Waals surface area (Å²) in [7, 11) is 0. The average Bonchev–Trinajstić information content (AvgIpc) is 3.26. The number of hydrogen-bond acceptors (Lipinski definition) is 6. The van der Waals surface area contributed by atoms with Crippen LogP contribution in [0.25, 0.3) is 0 Å². The van der Waals surface area contributed by atoms with E-state index < -0.39 is 5.97 Å². The largest absolute Gasteiger partial charge is 0.469 e. The summed E-state index contributed by atoms with van der Waals surface area (Å²) >= 11 is 1.33. The Labute approximate surface area is 161 Å². The monoisotopic (exact) mass is 384 g/mol. The van der Waals surface area contributed by atoms with E-state index in [1.165, 1.54) is 24.5 Å². The van der Waals surface area contributed by atoms with Gasteiger partial charge in [-0.15, -0.1) is 11.3 Å². The summed E-state index contributed by atoms with van der Waals surface area (Å²) in [6.45, 7) is 7.21. The first kappa shape index (κ1) is 18.8. The molecule has 0 radical (unpaired) electrons. The van der Waals surface area contributed by atoms with Gasteiger partial charge in [0.25, 0.3) is 0 Å². The van der Waals surface area contributed by atoms with E-state index in [2.05, 4.69) is 4.98 Å². The highest BCUT2D eigenvalue weighted by atomic mass is 32.1. The Morgan fingerprint density at radius 3 is 2.67 bits per heavy atom. The van der Waals surface area contributed by atoms with Gasteiger partial charge in [0.2, 0.25) is 5.91 Å².